The molecule has 0 atom stereocenters. The molecule has 0 bridgehead atoms. The van der Waals surface area contributed by atoms with E-state index < -0.39 is 0 Å². The van der Waals surface area contributed by atoms with Crippen LogP contribution in [-0.4, -0.2) is 41.8 Å². The maximum atomic E-state index is 14.1. The zero-order valence-electron chi connectivity index (χ0n) is 14.5. The molecule has 0 amide bonds. The number of aromatic amines is 1. The zero-order chi connectivity index (χ0) is 17.9. The largest absolute Gasteiger partial charge is 0.380 e. The number of aromatic nitrogens is 1. The molecule has 1 aromatic heterocycles. The van der Waals surface area contributed by atoms with Gasteiger partial charge in [-0.3, -0.25) is 4.90 Å². The number of aldehydes is 1. The van der Waals surface area contributed by atoms with Crippen LogP contribution in [0.2, 0.25) is 0 Å². The van der Waals surface area contributed by atoms with Gasteiger partial charge in [0.15, 0.2) is 0 Å². The van der Waals surface area contributed by atoms with Crippen LogP contribution in [-0.2, 0) is 4.79 Å². The average molecular weight is 351 g/mol. The van der Waals surface area contributed by atoms with Crippen molar-refractivity contribution in [3.05, 3.63) is 54.3 Å². The van der Waals surface area contributed by atoms with Gasteiger partial charge in [0.25, 0.3) is 0 Å². The molecule has 0 unspecified atom stereocenters. The van der Waals surface area contributed by atoms with Gasteiger partial charge in [0.05, 0.1) is 17.7 Å². The molecule has 26 heavy (non-hydrogen) atoms. The van der Waals surface area contributed by atoms with E-state index >= 15 is 0 Å². The third kappa shape index (κ3) is 3.48. The predicted molar refractivity (Wildman–Crippen MR) is 103 cm³/mol. The summed E-state index contributed by atoms with van der Waals surface area (Å²) in [5, 5.41) is 4.37. The minimum Gasteiger partial charge on any atom is -0.380 e. The molecule has 3 aromatic rings. The van der Waals surface area contributed by atoms with Gasteiger partial charge in [-0.25, -0.2) is 4.39 Å². The van der Waals surface area contributed by atoms with Crippen molar-refractivity contribution in [1.29, 1.82) is 0 Å². The van der Waals surface area contributed by atoms with Crippen molar-refractivity contribution in [2.75, 3.05) is 25.0 Å². The van der Waals surface area contributed by atoms with Gasteiger partial charge in [-0.2, -0.15) is 0 Å². The van der Waals surface area contributed by atoms with Crippen LogP contribution in [0.3, 0.4) is 0 Å². The standard InChI is InChI=1S/C21H22FN3O/c22-17-12-16-13-19(15-4-2-1-3-5-15)24-21(16)20(14-17)23-18-6-8-25(9-7-18)10-11-26/h1-5,11-14,18,23-24H,6-10H2. The summed E-state index contributed by atoms with van der Waals surface area (Å²) in [4.78, 5) is 16.2. The van der Waals surface area contributed by atoms with Crippen LogP contribution in [0.5, 0.6) is 0 Å². The second-order valence-electron chi connectivity index (χ2n) is 6.85. The molecule has 4 rings (SSSR count). The van der Waals surface area contributed by atoms with Gasteiger partial charge in [-0.15, -0.1) is 0 Å². The minimum absolute atomic E-state index is 0.239. The summed E-state index contributed by atoms with van der Waals surface area (Å²) in [5.74, 6) is -0.239. The first kappa shape index (κ1) is 16.8. The SMILES string of the molecule is O=CCN1CCC(Nc2cc(F)cc3cc(-c4ccccc4)[nH]c23)CC1. The normalized spacial score (nSPS) is 16.0. The van der Waals surface area contributed by atoms with Crippen LogP contribution in [0, 0.1) is 5.82 Å². The Kier molecular flexibility index (Phi) is 4.71. The number of benzene rings is 2. The molecule has 4 nitrogen and oxygen atoms in total. The van der Waals surface area contributed by atoms with Crippen LogP contribution in [0.4, 0.5) is 10.1 Å². The van der Waals surface area contributed by atoms with Crippen molar-refractivity contribution in [3.63, 3.8) is 0 Å². The van der Waals surface area contributed by atoms with Crippen molar-refractivity contribution < 1.29 is 9.18 Å². The number of piperidine rings is 1. The Morgan fingerprint density at radius 1 is 1.15 bits per heavy atom. The zero-order valence-corrected chi connectivity index (χ0v) is 14.5. The van der Waals surface area contributed by atoms with E-state index in [1.807, 2.05) is 36.4 Å². The van der Waals surface area contributed by atoms with Gasteiger partial charge in [0.2, 0.25) is 0 Å². The highest BCUT2D eigenvalue weighted by molar-refractivity contribution is 5.95. The molecule has 5 heteroatoms. The molecule has 2 aromatic carbocycles. The highest BCUT2D eigenvalue weighted by Crippen LogP contribution is 2.31. The number of carbonyl (C=O) groups is 1. The van der Waals surface area contributed by atoms with Crippen molar-refractivity contribution in [2.45, 2.75) is 18.9 Å². The average Bonchev–Trinajstić information content (AvgIpc) is 3.08. The lowest BCUT2D eigenvalue weighted by Gasteiger charge is -2.31. The van der Waals surface area contributed by atoms with Gasteiger partial charge >= 0.3 is 0 Å². The van der Waals surface area contributed by atoms with Crippen LogP contribution >= 0.6 is 0 Å². The summed E-state index contributed by atoms with van der Waals surface area (Å²) >= 11 is 0. The number of halogens is 1. The molecule has 1 fully saturated rings. The topological polar surface area (TPSA) is 48.1 Å². The van der Waals surface area contributed by atoms with Crippen molar-refractivity contribution in [2.24, 2.45) is 0 Å². The fraction of sp³-hybridized carbons (Fsp3) is 0.286. The van der Waals surface area contributed by atoms with Crippen molar-refractivity contribution in [3.8, 4) is 11.3 Å². The minimum atomic E-state index is -0.239. The fourth-order valence-electron chi connectivity index (χ4n) is 3.68. The molecule has 2 N–H and O–H groups in total. The first-order valence-corrected chi connectivity index (χ1v) is 9.03. The quantitative estimate of drug-likeness (QED) is 0.682. The molecular formula is C21H22FN3O. The van der Waals surface area contributed by atoms with Gasteiger partial charge in [0, 0.05) is 30.2 Å². The lowest BCUT2D eigenvalue weighted by Crippen LogP contribution is -2.39. The highest BCUT2D eigenvalue weighted by Gasteiger charge is 2.20. The Hall–Kier alpha value is -2.66. The Morgan fingerprint density at radius 2 is 1.92 bits per heavy atom. The maximum absolute atomic E-state index is 14.1. The molecule has 2 heterocycles. The first-order chi connectivity index (χ1) is 12.7. The number of carbonyl (C=O) groups excluding carboxylic acids is 1. The lowest BCUT2D eigenvalue weighted by atomic mass is 10.0. The Bertz CT molecular complexity index is 898. The summed E-state index contributed by atoms with van der Waals surface area (Å²) in [7, 11) is 0. The number of nitrogens with one attached hydrogen (secondary N) is 2. The van der Waals surface area contributed by atoms with Crippen molar-refractivity contribution in [1.82, 2.24) is 9.88 Å². The third-order valence-corrected chi connectivity index (χ3v) is 5.06. The van der Waals surface area contributed by atoms with Gasteiger partial charge in [-0.1, -0.05) is 30.3 Å². The van der Waals surface area contributed by atoms with E-state index in [0.717, 1.165) is 60.1 Å². The number of nitrogens with zero attached hydrogens (tertiary/aromatic N) is 1. The number of hydrogen-bond acceptors (Lipinski definition) is 3. The first-order valence-electron chi connectivity index (χ1n) is 9.03. The molecule has 0 aliphatic carbocycles. The van der Waals surface area contributed by atoms with Gasteiger partial charge < -0.3 is 15.1 Å². The molecule has 134 valence electrons. The van der Waals surface area contributed by atoms with E-state index in [1.54, 1.807) is 12.1 Å². The van der Waals surface area contributed by atoms with E-state index in [1.165, 1.54) is 0 Å². The third-order valence-electron chi connectivity index (χ3n) is 5.06. The van der Waals surface area contributed by atoms with E-state index in [0.29, 0.717) is 6.54 Å². The smallest absolute Gasteiger partial charge is 0.133 e. The van der Waals surface area contributed by atoms with E-state index in [4.69, 9.17) is 0 Å². The molecule has 1 aliphatic heterocycles. The van der Waals surface area contributed by atoms with Crippen LogP contribution in [0.25, 0.3) is 22.2 Å². The second-order valence-corrected chi connectivity index (χ2v) is 6.85. The number of H-pyrrole nitrogens is 1. The molecular weight excluding hydrogens is 329 g/mol. The van der Waals surface area contributed by atoms with Gasteiger partial charge in [-0.05, 0) is 36.6 Å². The fourth-order valence-corrected chi connectivity index (χ4v) is 3.68. The Balaban J connectivity index is 1.59. The van der Waals surface area contributed by atoms with Crippen LogP contribution < -0.4 is 5.32 Å². The van der Waals surface area contributed by atoms with Gasteiger partial charge in [0.1, 0.15) is 12.1 Å². The number of rotatable bonds is 5. The molecule has 1 saturated heterocycles. The number of hydrogen-bond donors (Lipinski definition) is 2. The number of likely N-dealkylation sites (tertiary alicyclic amines) is 1. The molecule has 0 radical (unpaired) electrons. The maximum Gasteiger partial charge on any atom is 0.133 e. The highest BCUT2D eigenvalue weighted by atomic mass is 19.1. The summed E-state index contributed by atoms with van der Waals surface area (Å²) in [6, 6.07) is 15.4. The second kappa shape index (κ2) is 7.30. The van der Waals surface area contributed by atoms with E-state index in [-0.39, 0.29) is 11.9 Å². The molecule has 1 aliphatic rings. The van der Waals surface area contributed by atoms with E-state index in [9.17, 15) is 9.18 Å². The summed E-state index contributed by atoms with van der Waals surface area (Å²) in [5.41, 5.74) is 3.80. The Morgan fingerprint density at radius 3 is 2.65 bits per heavy atom. The number of anilines is 1. The molecule has 0 spiro atoms. The number of fused-ring (bicyclic) bond motifs is 1. The summed E-state index contributed by atoms with van der Waals surface area (Å²) in [6.45, 7) is 2.26. The summed E-state index contributed by atoms with van der Waals surface area (Å²) in [6.07, 6.45) is 2.84. The van der Waals surface area contributed by atoms with E-state index in [2.05, 4.69) is 15.2 Å². The van der Waals surface area contributed by atoms with Crippen LogP contribution in [0.1, 0.15) is 12.8 Å². The summed E-state index contributed by atoms with van der Waals surface area (Å²) < 4.78 is 14.1. The lowest BCUT2D eigenvalue weighted by molar-refractivity contribution is -0.109. The van der Waals surface area contributed by atoms with Crippen LogP contribution in [0.15, 0.2) is 48.5 Å². The molecule has 0 saturated carbocycles. The monoisotopic (exact) mass is 351 g/mol. The Labute approximate surface area is 152 Å². The van der Waals surface area contributed by atoms with Crippen molar-refractivity contribution >= 4 is 22.9 Å². The predicted octanol–water partition coefficient (Wildman–Crippen LogP) is 4.05.